The van der Waals surface area contributed by atoms with Crippen LogP contribution in [0.3, 0.4) is 0 Å². The lowest BCUT2D eigenvalue weighted by Crippen LogP contribution is -2.09. The number of hydrogen-bond donors (Lipinski definition) is 3. The van der Waals surface area contributed by atoms with Crippen LogP contribution in [0.4, 0.5) is 5.82 Å². The van der Waals surface area contributed by atoms with E-state index in [0.717, 1.165) is 0 Å². The normalized spacial score (nSPS) is 13.1. The maximum atomic E-state index is 9.34. The molecule has 0 aliphatic carbocycles. The second kappa shape index (κ2) is 3.45. The summed E-state index contributed by atoms with van der Waals surface area (Å²) in [4.78, 5) is 12.8. The van der Waals surface area contributed by atoms with Crippen molar-refractivity contribution in [2.45, 2.75) is 13.0 Å². The molecule has 0 spiro atoms. The van der Waals surface area contributed by atoms with Crippen molar-refractivity contribution in [1.29, 1.82) is 0 Å². The summed E-state index contributed by atoms with van der Waals surface area (Å²) in [6.45, 7) is 1.65. The van der Waals surface area contributed by atoms with Gasteiger partial charge in [0.1, 0.15) is 27.8 Å². The molecule has 0 saturated carbocycles. The van der Waals surface area contributed by atoms with E-state index in [1.807, 2.05) is 0 Å². The van der Waals surface area contributed by atoms with Gasteiger partial charge >= 0.3 is 0 Å². The first-order valence-electron chi connectivity index (χ1n) is 3.98. The van der Waals surface area contributed by atoms with Gasteiger partial charge in [0.05, 0.1) is 0 Å². The zero-order chi connectivity index (χ0) is 10.1. The second-order valence-corrected chi connectivity index (χ2v) is 3.76. The quantitative estimate of drug-likeness (QED) is 0.492. The molecule has 14 heavy (non-hydrogen) atoms. The van der Waals surface area contributed by atoms with Crippen LogP contribution in [0.5, 0.6) is 0 Å². The summed E-state index contributed by atoms with van der Waals surface area (Å²) in [7, 11) is 0. The number of hydrazine groups is 1. The molecule has 1 atom stereocenters. The van der Waals surface area contributed by atoms with Crippen molar-refractivity contribution in [2.24, 2.45) is 5.84 Å². The molecule has 0 aromatic carbocycles. The zero-order valence-corrected chi connectivity index (χ0v) is 8.25. The van der Waals surface area contributed by atoms with Crippen LogP contribution in [0.1, 0.15) is 18.0 Å². The van der Waals surface area contributed by atoms with E-state index < -0.39 is 6.10 Å². The minimum Gasteiger partial charge on any atom is -0.386 e. The number of nitrogens with one attached hydrogen (secondary N) is 1. The highest BCUT2D eigenvalue weighted by molar-refractivity contribution is 7.18. The van der Waals surface area contributed by atoms with Crippen LogP contribution in [-0.2, 0) is 0 Å². The maximum absolute atomic E-state index is 9.34. The summed E-state index contributed by atoms with van der Waals surface area (Å²) in [6, 6.07) is 0. The number of aliphatic hydroxyl groups excluding tert-OH is 1. The average molecular weight is 211 g/mol. The minimum absolute atomic E-state index is 0.471. The molecule has 2 heterocycles. The van der Waals surface area contributed by atoms with Crippen LogP contribution in [-0.4, -0.2) is 20.1 Å². The number of nitrogens with zero attached hydrogens (tertiary/aromatic N) is 3. The Morgan fingerprint density at radius 1 is 1.57 bits per heavy atom. The molecule has 2 aromatic rings. The highest BCUT2D eigenvalue weighted by Gasteiger charge is 2.12. The Labute approximate surface area is 83.8 Å². The number of fused-ring (bicyclic) bond motifs is 1. The molecular weight excluding hydrogens is 202 g/mol. The largest absolute Gasteiger partial charge is 0.386 e. The number of nitrogen functional groups attached to an aromatic ring is 1. The van der Waals surface area contributed by atoms with Gasteiger partial charge in [0, 0.05) is 0 Å². The third-order valence-corrected chi connectivity index (χ3v) is 2.84. The molecule has 0 amide bonds. The lowest BCUT2D eigenvalue weighted by molar-refractivity contribution is 0.199. The average Bonchev–Trinajstić information content (AvgIpc) is 2.60. The Kier molecular flexibility index (Phi) is 2.28. The Morgan fingerprint density at radius 2 is 2.36 bits per heavy atom. The molecule has 0 saturated heterocycles. The van der Waals surface area contributed by atoms with Crippen molar-refractivity contribution in [2.75, 3.05) is 5.43 Å². The van der Waals surface area contributed by atoms with Crippen molar-refractivity contribution in [1.82, 2.24) is 15.0 Å². The van der Waals surface area contributed by atoms with Gasteiger partial charge in [-0.3, -0.25) is 0 Å². The van der Waals surface area contributed by atoms with Crippen molar-refractivity contribution < 1.29 is 5.11 Å². The van der Waals surface area contributed by atoms with Gasteiger partial charge in [-0.05, 0) is 6.92 Å². The number of aliphatic hydroxyl groups is 1. The van der Waals surface area contributed by atoms with E-state index in [2.05, 4.69) is 20.4 Å². The van der Waals surface area contributed by atoms with Gasteiger partial charge in [-0.1, -0.05) is 11.3 Å². The molecular formula is C7H9N5OS. The van der Waals surface area contributed by atoms with E-state index in [1.54, 1.807) is 6.92 Å². The standard InChI is InChI=1S/C7H9N5OS/c1-3(13)6-11-4-5(12-8)9-2-10-7(4)14-6/h2-3,13H,8H2,1H3,(H,9,10,12)/t3-/m0/s1. The van der Waals surface area contributed by atoms with Gasteiger partial charge in [-0.25, -0.2) is 20.8 Å². The molecule has 74 valence electrons. The Bertz CT molecular complexity index is 454. The summed E-state index contributed by atoms with van der Waals surface area (Å²) in [5.41, 5.74) is 3.03. The second-order valence-electron chi connectivity index (χ2n) is 2.75. The number of aromatic nitrogens is 3. The molecule has 4 N–H and O–H groups in total. The molecule has 6 nitrogen and oxygen atoms in total. The third-order valence-electron chi connectivity index (χ3n) is 1.71. The predicted octanol–water partition coefficient (Wildman–Crippen LogP) is 0.425. The number of hydrogen-bond acceptors (Lipinski definition) is 7. The molecule has 0 radical (unpaired) electrons. The number of anilines is 1. The first-order valence-corrected chi connectivity index (χ1v) is 4.80. The topological polar surface area (TPSA) is 97.0 Å². The van der Waals surface area contributed by atoms with E-state index in [-0.39, 0.29) is 0 Å². The van der Waals surface area contributed by atoms with Crippen LogP contribution in [0.25, 0.3) is 10.3 Å². The molecule has 7 heteroatoms. The molecule has 0 aliphatic heterocycles. The van der Waals surface area contributed by atoms with Crippen molar-refractivity contribution in [3.8, 4) is 0 Å². The smallest absolute Gasteiger partial charge is 0.170 e. The number of thiazole rings is 1. The van der Waals surface area contributed by atoms with Gasteiger partial charge < -0.3 is 10.5 Å². The highest BCUT2D eigenvalue weighted by Crippen LogP contribution is 2.27. The fraction of sp³-hybridized carbons (Fsp3) is 0.286. The van der Waals surface area contributed by atoms with Crippen molar-refractivity contribution in [3.63, 3.8) is 0 Å². The van der Waals surface area contributed by atoms with Gasteiger partial charge in [-0.2, -0.15) is 0 Å². The Balaban J connectivity index is 2.64. The molecule has 0 fully saturated rings. The first-order chi connectivity index (χ1) is 6.72. The molecule has 0 bridgehead atoms. The number of nitrogens with two attached hydrogens (primary N) is 1. The zero-order valence-electron chi connectivity index (χ0n) is 7.43. The van der Waals surface area contributed by atoms with Gasteiger partial charge in [0.25, 0.3) is 0 Å². The van der Waals surface area contributed by atoms with Crippen molar-refractivity contribution >= 4 is 27.5 Å². The molecule has 0 aliphatic rings. The summed E-state index contributed by atoms with van der Waals surface area (Å²) >= 11 is 1.33. The van der Waals surface area contributed by atoms with Crippen LogP contribution in [0.2, 0.25) is 0 Å². The maximum Gasteiger partial charge on any atom is 0.170 e. The molecule has 2 rings (SSSR count). The lowest BCUT2D eigenvalue weighted by atomic mass is 10.4. The predicted molar refractivity (Wildman–Crippen MR) is 53.7 cm³/mol. The van der Waals surface area contributed by atoms with E-state index in [1.165, 1.54) is 17.7 Å². The van der Waals surface area contributed by atoms with Gasteiger partial charge in [0.2, 0.25) is 0 Å². The van der Waals surface area contributed by atoms with Crippen LogP contribution in [0.15, 0.2) is 6.33 Å². The monoisotopic (exact) mass is 211 g/mol. The first kappa shape index (κ1) is 9.25. The minimum atomic E-state index is -0.597. The Hall–Kier alpha value is -1.31. The summed E-state index contributed by atoms with van der Waals surface area (Å²) in [5.74, 6) is 5.73. The van der Waals surface area contributed by atoms with Crippen molar-refractivity contribution in [3.05, 3.63) is 11.3 Å². The van der Waals surface area contributed by atoms with E-state index >= 15 is 0 Å². The summed E-state index contributed by atoms with van der Waals surface area (Å²) in [5, 5.41) is 9.94. The van der Waals surface area contributed by atoms with Gasteiger partial charge in [0.15, 0.2) is 5.82 Å². The Morgan fingerprint density at radius 3 is 3.00 bits per heavy atom. The van der Waals surface area contributed by atoms with Crippen LogP contribution < -0.4 is 11.3 Å². The van der Waals surface area contributed by atoms with Gasteiger partial charge in [-0.15, -0.1) is 0 Å². The van der Waals surface area contributed by atoms with E-state index in [0.29, 0.717) is 21.2 Å². The summed E-state index contributed by atoms with van der Waals surface area (Å²) in [6.07, 6.45) is 0.807. The third kappa shape index (κ3) is 1.41. The molecule has 0 unspecified atom stereocenters. The van der Waals surface area contributed by atoms with Crippen LogP contribution >= 0.6 is 11.3 Å². The molecule has 2 aromatic heterocycles. The number of rotatable bonds is 2. The fourth-order valence-electron chi connectivity index (χ4n) is 1.05. The van der Waals surface area contributed by atoms with E-state index in [4.69, 9.17) is 5.84 Å². The lowest BCUT2D eigenvalue weighted by Gasteiger charge is -1.96. The highest BCUT2D eigenvalue weighted by atomic mass is 32.1. The summed E-state index contributed by atoms with van der Waals surface area (Å²) < 4.78 is 0. The van der Waals surface area contributed by atoms with E-state index in [9.17, 15) is 5.11 Å². The SMILES string of the molecule is C[C@H](O)c1nc2c(NN)ncnc2s1. The van der Waals surface area contributed by atoms with Crippen LogP contribution in [0, 0.1) is 0 Å². The fourth-order valence-corrected chi connectivity index (χ4v) is 1.90.